The lowest BCUT2D eigenvalue weighted by Gasteiger charge is -2.03. The van der Waals surface area contributed by atoms with Crippen molar-refractivity contribution in [1.82, 2.24) is 0 Å². The largest absolute Gasteiger partial charge is 0.465 e. The summed E-state index contributed by atoms with van der Waals surface area (Å²) in [5, 5.41) is 0. The Morgan fingerprint density at radius 2 is 1.85 bits per heavy atom. The molecule has 0 N–H and O–H groups in total. The molecule has 0 saturated heterocycles. The van der Waals surface area contributed by atoms with E-state index < -0.39 is 5.97 Å². The lowest BCUT2D eigenvalue weighted by atomic mass is 10.1. The van der Waals surface area contributed by atoms with Crippen LogP contribution in [-0.4, -0.2) is 11.8 Å². The van der Waals surface area contributed by atoms with Crippen molar-refractivity contribution in [2.75, 3.05) is 0 Å². The van der Waals surface area contributed by atoms with Gasteiger partial charge in [-0.2, -0.15) is 0 Å². The van der Waals surface area contributed by atoms with E-state index in [2.05, 4.69) is 0 Å². The Labute approximate surface area is 155 Å². The summed E-state index contributed by atoms with van der Waals surface area (Å²) in [6.07, 6.45) is 6.05. The molecule has 3 aromatic rings. The highest BCUT2D eigenvalue weighted by molar-refractivity contribution is 6.14. The van der Waals surface area contributed by atoms with Gasteiger partial charge in [-0.1, -0.05) is 30.3 Å². The maximum absolute atomic E-state index is 12.4. The molecule has 0 amide bonds. The van der Waals surface area contributed by atoms with Crippen LogP contribution in [0.15, 0.2) is 83.2 Å². The van der Waals surface area contributed by atoms with Gasteiger partial charge < -0.3 is 13.9 Å². The highest BCUT2D eigenvalue weighted by Crippen LogP contribution is 2.35. The Bertz CT molecular complexity index is 1040. The fourth-order valence-corrected chi connectivity index (χ4v) is 2.61. The third-order valence-electron chi connectivity index (χ3n) is 3.89. The number of carbonyl (C=O) groups excluding carboxylic acids is 2. The summed E-state index contributed by atoms with van der Waals surface area (Å²) in [6.45, 7) is 0. The lowest BCUT2D eigenvalue weighted by molar-refractivity contribution is -0.128. The van der Waals surface area contributed by atoms with E-state index >= 15 is 0 Å². The molecule has 27 heavy (non-hydrogen) atoms. The minimum absolute atomic E-state index is 0.160. The fraction of sp³-hybridized carbons (Fsp3) is 0. The van der Waals surface area contributed by atoms with Crippen molar-refractivity contribution in [1.29, 1.82) is 0 Å². The second kappa shape index (κ2) is 7.17. The minimum atomic E-state index is -0.519. The van der Waals surface area contributed by atoms with Gasteiger partial charge >= 0.3 is 5.97 Å². The van der Waals surface area contributed by atoms with Crippen molar-refractivity contribution in [3.8, 4) is 11.5 Å². The molecule has 0 fully saturated rings. The standard InChI is InChI=1S/C22H14O5/c23-21(11-8-15-5-2-1-3-6-15)26-17-9-10-18-19(14-17)27-20(22(18)24)13-16-7-4-12-25-16/h1-14H/b11-8+,20-13?. The number of ether oxygens (including phenoxy) is 2. The zero-order valence-electron chi connectivity index (χ0n) is 14.1. The summed E-state index contributed by atoms with van der Waals surface area (Å²) in [6, 6.07) is 17.5. The quantitative estimate of drug-likeness (QED) is 0.390. The van der Waals surface area contributed by atoms with Crippen LogP contribution < -0.4 is 9.47 Å². The summed E-state index contributed by atoms with van der Waals surface area (Å²) in [5.74, 6) is 0.549. The summed E-state index contributed by atoms with van der Waals surface area (Å²) in [7, 11) is 0. The van der Waals surface area contributed by atoms with Crippen molar-refractivity contribution in [2.45, 2.75) is 0 Å². The number of fused-ring (bicyclic) bond motifs is 1. The zero-order chi connectivity index (χ0) is 18.6. The highest BCUT2D eigenvalue weighted by atomic mass is 16.5. The van der Waals surface area contributed by atoms with Gasteiger partial charge in [0.25, 0.3) is 0 Å². The third-order valence-corrected chi connectivity index (χ3v) is 3.89. The fourth-order valence-electron chi connectivity index (χ4n) is 2.61. The minimum Gasteiger partial charge on any atom is -0.465 e. The molecular formula is C22H14O5. The Morgan fingerprint density at radius 1 is 1.00 bits per heavy atom. The van der Waals surface area contributed by atoms with Crippen LogP contribution in [0, 0.1) is 0 Å². The molecule has 0 bridgehead atoms. The smallest absolute Gasteiger partial charge is 0.336 e. The van der Waals surface area contributed by atoms with E-state index in [0.29, 0.717) is 22.8 Å². The SMILES string of the molecule is O=C(/C=C/c1ccccc1)Oc1ccc2c(c1)OC(=Cc1ccco1)C2=O. The molecule has 132 valence electrons. The number of Topliss-reactive ketones (excluding diaryl/α,β-unsaturated/α-hetero) is 1. The molecule has 2 heterocycles. The first-order valence-electron chi connectivity index (χ1n) is 8.26. The van der Waals surface area contributed by atoms with Crippen LogP contribution in [0.25, 0.3) is 12.2 Å². The molecule has 0 unspecified atom stereocenters. The van der Waals surface area contributed by atoms with Crippen LogP contribution in [0.2, 0.25) is 0 Å². The van der Waals surface area contributed by atoms with Gasteiger partial charge in [-0.15, -0.1) is 0 Å². The Morgan fingerprint density at radius 3 is 2.63 bits per heavy atom. The van der Waals surface area contributed by atoms with Gasteiger partial charge in [0.05, 0.1) is 11.8 Å². The van der Waals surface area contributed by atoms with E-state index in [1.807, 2.05) is 30.3 Å². The number of ketones is 1. The van der Waals surface area contributed by atoms with Gasteiger partial charge in [-0.05, 0) is 35.9 Å². The summed E-state index contributed by atoms with van der Waals surface area (Å²) in [4.78, 5) is 24.3. The van der Waals surface area contributed by atoms with Crippen LogP contribution in [0.3, 0.4) is 0 Å². The first-order valence-corrected chi connectivity index (χ1v) is 8.26. The monoisotopic (exact) mass is 358 g/mol. The van der Waals surface area contributed by atoms with Crippen LogP contribution in [0.5, 0.6) is 11.5 Å². The lowest BCUT2D eigenvalue weighted by Crippen LogP contribution is -2.03. The summed E-state index contributed by atoms with van der Waals surface area (Å²) < 4.78 is 16.1. The van der Waals surface area contributed by atoms with E-state index in [4.69, 9.17) is 13.9 Å². The number of furan rings is 1. The van der Waals surface area contributed by atoms with Crippen molar-refractivity contribution in [3.05, 3.63) is 95.6 Å². The van der Waals surface area contributed by atoms with Crippen molar-refractivity contribution in [2.24, 2.45) is 0 Å². The number of hydrogen-bond acceptors (Lipinski definition) is 5. The normalized spacial score (nSPS) is 14.4. The highest BCUT2D eigenvalue weighted by Gasteiger charge is 2.28. The molecule has 5 nitrogen and oxygen atoms in total. The first-order chi connectivity index (χ1) is 13.2. The molecule has 0 radical (unpaired) electrons. The van der Waals surface area contributed by atoms with Gasteiger partial charge in [-0.3, -0.25) is 4.79 Å². The average molecular weight is 358 g/mol. The van der Waals surface area contributed by atoms with E-state index in [1.54, 1.807) is 30.3 Å². The maximum Gasteiger partial charge on any atom is 0.336 e. The number of esters is 1. The molecule has 1 aliphatic heterocycles. The van der Waals surface area contributed by atoms with Gasteiger partial charge in [0.15, 0.2) is 5.76 Å². The molecule has 1 aromatic heterocycles. The molecule has 2 aromatic carbocycles. The Balaban J connectivity index is 1.48. The van der Waals surface area contributed by atoms with Crippen molar-refractivity contribution in [3.63, 3.8) is 0 Å². The average Bonchev–Trinajstić information content (AvgIpc) is 3.30. The van der Waals surface area contributed by atoms with Crippen LogP contribution >= 0.6 is 0 Å². The second-order valence-corrected chi connectivity index (χ2v) is 5.78. The van der Waals surface area contributed by atoms with Gasteiger partial charge in [0.2, 0.25) is 5.78 Å². The van der Waals surface area contributed by atoms with Gasteiger partial charge in [0, 0.05) is 18.2 Å². The Hall–Kier alpha value is -3.86. The zero-order valence-corrected chi connectivity index (χ0v) is 14.1. The first kappa shape index (κ1) is 16.6. The van der Waals surface area contributed by atoms with Gasteiger partial charge in [-0.25, -0.2) is 4.79 Å². The number of hydrogen-bond donors (Lipinski definition) is 0. The number of carbonyl (C=O) groups is 2. The Kier molecular flexibility index (Phi) is 4.41. The number of rotatable bonds is 4. The molecule has 0 saturated carbocycles. The van der Waals surface area contributed by atoms with Crippen molar-refractivity contribution < 1.29 is 23.5 Å². The van der Waals surface area contributed by atoms with Crippen LogP contribution in [-0.2, 0) is 4.79 Å². The second-order valence-electron chi connectivity index (χ2n) is 5.78. The van der Waals surface area contributed by atoms with Gasteiger partial charge in [0.1, 0.15) is 17.3 Å². The van der Waals surface area contributed by atoms with Crippen molar-refractivity contribution >= 4 is 23.9 Å². The molecule has 4 rings (SSSR count). The van der Waals surface area contributed by atoms with E-state index in [0.717, 1.165) is 5.56 Å². The summed E-state index contributed by atoms with van der Waals surface area (Å²) in [5.41, 5.74) is 1.30. The topological polar surface area (TPSA) is 65.7 Å². The molecule has 0 aliphatic carbocycles. The molecular weight excluding hydrogens is 344 g/mol. The molecule has 1 aliphatic rings. The van der Waals surface area contributed by atoms with Crippen LogP contribution in [0.1, 0.15) is 21.7 Å². The van der Waals surface area contributed by atoms with E-state index in [-0.39, 0.29) is 11.5 Å². The maximum atomic E-state index is 12.4. The molecule has 0 spiro atoms. The molecule has 0 atom stereocenters. The number of allylic oxidation sites excluding steroid dienone is 1. The van der Waals surface area contributed by atoms with Crippen LogP contribution in [0.4, 0.5) is 0 Å². The predicted molar refractivity (Wildman–Crippen MR) is 99.2 cm³/mol. The predicted octanol–water partition coefficient (Wildman–Crippen LogP) is 4.51. The third kappa shape index (κ3) is 3.72. The van der Waals surface area contributed by atoms with E-state index in [1.165, 1.54) is 24.5 Å². The van der Waals surface area contributed by atoms with E-state index in [9.17, 15) is 9.59 Å². The number of benzene rings is 2. The molecule has 5 heteroatoms. The summed E-state index contributed by atoms with van der Waals surface area (Å²) >= 11 is 0.